The van der Waals surface area contributed by atoms with Crippen molar-refractivity contribution in [2.24, 2.45) is 0 Å². The van der Waals surface area contributed by atoms with Gasteiger partial charge in [-0.05, 0) is 55.2 Å². The predicted molar refractivity (Wildman–Crippen MR) is 127 cm³/mol. The van der Waals surface area contributed by atoms with Gasteiger partial charge in [-0.15, -0.1) is 11.3 Å². The molecule has 2 fully saturated rings. The highest BCUT2D eigenvalue weighted by Gasteiger charge is 2.44. The lowest BCUT2D eigenvalue weighted by Gasteiger charge is -2.41. The summed E-state index contributed by atoms with van der Waals surface area (Å²) in [6.45, 7) is 5.69. The van der Waals surface area contributed by atoms with Crippen LogP contribution in [0.2, 0.25) is 0 Å². The molecule has 3 heterocycles. The number of nitrogens with zero attached hydrogens (tertiary/aromatic N) is 3. The van der Waals surface area contributed by atoms with Crippen LogP contribution in [0.5, 0.6) is 0 Å². The van der Waals surface area contributed by atoms with Crippen LogP contribution in [0.4, 0.5) is 10.5 Å². The first-order chi connectivity index (χ1) is 15.0. The molecular weight excluding hydrogens is 406 g/mol. The molecule has 0 bridgehead atoms. The maximum absolute atomic E-state index is 12.7. The van der Waals surface area contributed by atoms with E-state index in [0.29, 0.717) is 12.6 Å². The molecule has 2 aromatic carbocycles. The van der Waals surface area contributed by atoms with Crippen LogP contribution in [0.15, 0.2) is 48.0 Å². The summed E-state index contributed by atoms with van der Waals surface area (Å²) in [7, 11) is 1.91. The molecule has 1 spiro atoms. The molecule has 7 heteroatoms. The molecule has 3 aromatic rings. The number of hydrogen-bond donors (Lipinski definition) is 2. The van der Waals surface area contributed by atoms with Crippen LogP contribution in [0.3, 0.4) is 0 Å². The van der Waals surface area contributed by atoms with E-state index in [1.54, 1.807) is 11.3 Å². The fourth-order valence-corrected chi connectivity index (χ4v) is 5.53. The number of rotatable bonds is 5. The summed E-state index contributed by atoms with van der Waals surface area (Å²) in [6.07, 6.45) is 1.97. The van der Waals surface area contributed by atoms with Gasteiger partial charge in [0.1, 0.15) is 0 Å². The maximum Gasteiger partial charge on any atom is 0.318 e. The van der Waals surface area contributed by atoms with E-state index in [4.69, 9.17) is 0 Å². The van der Waals surface area contributed by atoms with Gasteiger partial charge in [-0.2, -0.15) is 0 Å². The number of nitrogens with one attached hydrogen (secondary N) is 2. The topological polar surface area (TPSA) is 60.5 Å². The third-order valence-corrected chi connectivity index (χ3v) is 7.72. The second kappa shape index (κ2) is 8.13. The minimum Gasteiger partial charge on any atom is -0.388 e. The Morgan fingerprint density at radius 2 is 1.97 bits per heavy atom. The molecule has 0 radical (unpaired) electrons. The van der Waals surface area contributed by atoms with Crippen molar-refractivity contribution >= 4 is 33.3 Å². The number of benzene rings is 2. The zero-order valence-corrected chi connectivity index (χ0v) is 18.9. The molecule has 6 nitrogen and oxygen atoms in total. The molecule has 1 unspecified atom stereocenters. The van der Waals surface area contributed by atoms with Crippen molar-refractivity contribution in [1.29, 1.82) is 0 Å². The van der Waals surface area contributed by atoms with E-state index in [2.05, 4.69) is 69.9 Å². The first-order valence-electron chi connectivity index (χ1n) is 11.0. The van der Waals surface area contributed by atoms with Crippen molar-refractivity contribution in [3.8, 4) is 0 Å². The number of piperidine rings is 1. The van der Waals surface area contributed by atoms with Gasteiger partial charge in [0.15, 0.2) is 0 Å². The summed E-state index contributed by atoms with van der Waals surface area (Å²) in [5, 5.41) is 6.46. The molecule has 2 saturated heterocycles. The molecule has 1 aromatic heterocycles. The standard InChI is InChI=1S/C24H29N5OS/c1-17(19-5-8-22-21(13-19)26-16-31-22)28-11-9-24(10-12-28)15-29(23(30)27-24)14-18-3-6-20(25-2)7-4-18/h3-8,13,16-17,25H,9-12,14-15H2,1-2H3,(H,27,30). The van der Waals surface area contributed by atoms with Gasteiger partial charge in [-0.3, -0.25) is 4.90 Å². The average Bonchev–Trinajstić information content (AvgIpc) is 3.38. The highest BCUT2D eigenvalue weighted by Crippen LogP contribution is 2.33. The lowest BCUT2D eigenvalue weighted by molar-refractivity contribution is 0.115. The van der Waals surface area contributed by atoms with Crippen LogP contribution in [0.25, 0.3) is 10.2 Å². The quantitative estimate of drug-likeness (QED) is 0.621. The van der Waals surface area contributed by atoms with Crippen LogP contribution in [-0.2, 0) is 6.54 Å². The van der Waals surface area contributed by atoms with E-state index in [-0.39, 0.29) is 11.6 Å². The molecule has 5 rings (SSSR count). The number of hydrogen-bond acceptors (Lipinski definition) is 5. The third-order valence-electron chi connectivity index (χ3n) is 6.91. The fourth-order valence-electron chi connectivity index (χ4n) is 4.88. The van der Waals surface area contributed by atoms with Gasteiger partial charge >= 0.3 is 6.03 Å². The van der Waals surface area contributed by atoms with Crippen LogP contribution < -0.4 is 10.6 Å². The van der Waals surface area contributed by atoms with Crippen LogP contribution in [-0.4, -0.2) is 53.0 Å². The van der Waals surface area contributed by atoms with Crippen molar-refractivity contribution in [3.63, 3.8) is 0 Å². The Hall–Kier alpha value is -2.64. The molecule has 1 atom stereocenters. The average molecular weight is 436 g/mol. The summed E-state index contributed by atoms with van der Waals surface area (Å²) in [5.41, 5.74) is 6.46. The van der Waals surface area contributed by atoms with Crippen LogP contribution in [0, 0.1) is 0 Å². The summed E-state index contributed by atoms with van der Waals surface area (Å²) in [5.74, 6) is 0. The van der Waals surface area contributed by atoms with Gasteiger partial charge in [0, 0.05) is 45.0 Å². The molecule has 0 saturated carbocycles. The normalized spacial score (nSPS) is 19.7. The van der Waals surface area contributed by atoms with Crippen molar-refractivity contribution in [1.82, 2.24) is 20.1 Å². The smallest absolute Gasteiger partial charge is 0.318 e. The van der Waals surface area contributed by atoms with Crippen molar-refractivity contribution in [3.05, 3.63) is 59.1 Å². The molecule has 2 amide bonds. The van der Waals surface area contributed by atoms with Crippen molar-refractivity contribution in [2.75, 3.05) is 32.0 Å². The molecule has 162 valence electrons. The lowest BCUT2D eigenvalue weighted by Crippen LogP contribution is -2.52. The predicted octanol–water partition coefficient (Wildman–Crippen LogP) is 4.46. The number of thiazole rings is 1. The van der Waals surface area contributed by atoms with Gasteiger partial charge in [-0.1, -0.05) is 18.2 Å². The number of anilines is 1. The number of carbonyl (C=O) groups excluding carboxylic acids is 1. The van der Waals surface area contributed by atoms with E-state index in [9.17, 15) is 4.79 Å². The Bertz CT molecular complexity index is 1070. The Morgan fingerprint density at radius 1 is 1.19 bits per heavy atom. The molecule has 2 aliphatic rings. The van der Waals surface area contributed by atoms with Gasteiger partial charge in [0.2, 0.25) is 0 Å². The number of fused-ring (bicyclic) bond motifs is 1. The Labute approximate surface area is 187 Å². The zero-order valence-electron chi connectivity index (χ0n) is 18.1. The van der Waals surface area contributed by atoms with Gasteiger partial charge in [0.25, 0.3) is 0 Å². The van der Waals surface area contributed by atoms with E-state index in [1.807, 2.05) is 17.5 Å². The monoisotopic (exact) mass is 435 g/mol. The number of aromatic nitrogens is 1. The first-order valence-corrected chi connectivity index (χ1v) is 11.8. The van der Waals surface area contributed by atoms with Crippen molar-refractivity contribution in [2.45, 2.75) is 37.9 Å². The summed E-state index contributed by atoms with van der Waals surface area (Å²) in [4.78, 5) is 21.7. The second-order valence-electron chi connectivity index (χ2n) is 8.80. The fraction of sp³-hybridized carbons (Fsp3) is 0.417. The first kappa shape index (κ1) is 20.3. The number of likely N-dealkylation sites (tertiary alicyclic amines) is 1. The third kappa shape index (κ3) is 4.00. The van der Waals surface area contributed by atoms with Crippen LogP contribution >= 0.6 is 11.3 Å². The van der Waals surface area contributed by atoms with E-state index < -0.39 is 0 Å². The largest absolute Gasteiger partial charge is 0.388 e. The molecule has 0 aliphatic carbocycles. The molecule has 2 aliphatic heterocycles. The SMILES string of the molecule is CNc1ccc(CN2CC3(CCN(C(C)c4ccc5scnc5c4)CC3)NC2=O)cc1. The van der Waals surface area contributed by atoms with Crippen LogP contribution in [0.1, 0.15) is 36.9 Å². The van der Waals surface area contributed by atoms with Gasteiger partial charge in [-0.25, -0.2) is 9.78 Å². The molecule has 2 N–H and O–H groups in total. The molecular formula is C24H29N5OS. The Balaban J connectivity index is 1.21. The number of urea groups is 1. The number of carbonyl (C=O) groups is 1. The maximum atomic E-state index is 12.7. The highest BCUT2D eigenvalue weighted by molar-refractivity contribution is 7.16. The van der Waals surface area contributed by atoms with E-state index in [1.165, 1.54) is 10.3 Å². The van der Waals surface area contributed by atoms with Gasteiger partial charge in [0.05, 0.1) is 21.3 Å². The van der Waals surface area contributed by atoms with Gasteiger partial charge < -0.3 is 15.5 Å². The molecule has 31 heavy (non-hydrogen) atoms. The second-order valence-corrected chi connectivity index (χ2v) is 9.69. The highest BCUT2D eigenvalue weighted by atomic mass is 32.1. The number of amides is 2. The minimum absolute atomic E-state index is 0.0631. The summed E-state index contributed by atoms with van der Waals surface area (Å²) >= 11 is 1.69. The Morgan fingerprint density at radius 3 is 2.71 bits per heavy atom. The summed E-state index contributed by atoms with van der Waals surface area (Å²) < 4.78 is 1.24. The minimum atomic E-state index is -0.100. The Kier molecular flexibility index (Phi) is 5.32. The zero-order chi connectivity index (χ0) is 21.4. The lowest BCUT2D eigenvalue weighted by atomic mass is 9.87. The van der Waals surface area contributed by atoms with E-state index >= 15 is 0 Å². The van der Waals surface area contributed by atoms with E-state index in [0.717, 1.165) is 49.2 Å². The summed E-state index contributed by atoms with van der Waals surface area (Å²) in [6, 6.07) is 15.3. The van der Waals surface area contributed by atoms with Crippen molar-refractivity contribution < 1.29 is 4.79 Å².